The first-order chi connectivity index (χ1) is 16.0. The summed E-state index contributed by atoms with van der Waals surface area (Å²) in [5.41, 5.74) is 3.69. The van der Waals surface area contributed by atoms with E-state index in [1.807, 2.05) is 50.2 Å². The van der Waals surface area contributed by atoms with E-state index in [9.17, 15) is 9.90 Å². The second kappa shape index (κ2) is 11.5. The van der Waals surface area contributed by atoms with Crippen molar-refractivity contribution >= 4 is 34.4 Å². The molecule has 1 N–H and O–H groups in total. The van der Waals surface area contributed by atoms with Gasteiger partial charge >= 0.3 is 5.97 Å². The van der Waals surface area contributed by atoms with Crippen LogP contribution in [0.3, 0.4) is 0 Å². The number of phenols is 1. The van der Waals surface area contributed by atoms with E-state index in [0.717, 1.165) is 24.2 Å². The van der Waals surface area contributed by atoms with Crippen molar-refractivity contribution in [2.24, 2.45) is 20.5 Å². The Balaban J connectivity index is 1.60. The Hall–Kier alpha value is -4.07. The highest BCUT2D eigenvalue weighted by atomic mass is 16.5. The van der Waals surface area contributed by atoms with Crippen LogP contribution in [-0.2, 0) is 4.74 Å². The Morgan fingerprint density at radius 2 is 1.30 bits per heavy atom. The third-order valence-electron chi connectivity index (χ3n) is 4.71. The van der Waals surface area contributed by atoms with Gasteiger partial charge in [-0.2, -0.15) is 20.5 Å². The molecular weight excluding hydrogens is 418 g/mol. The summed E-state index contributed by atoms with van der Waals surface area (Å²) in [6.45, 7) is 2.34. The van der Waals surface area contributed by atoms with E-state index in [4.69, 9.17) is 4.74 Å². The molecule has 0 aromatic heterocycles. The first kappa shape index (κ1) is 23.6. The average molecular weight is 446 g/mol. The fraction of sp³-hybridized carbons (Fsp3) is 0.240. The van der Waals surface area contributed by atoms with Crippen LogP contribution in [0.2, 0.25) is 0 Å². The summed E-state index contributed by atoms with van der Waals surface area (Å²) in [6.07, 6.45) is 1.70. The van der Waals surface area contributed by atoms with Crippen LogP contribution >= 0.6 is 0 Å². The number of benzene rings is 3. The minimum Gasteiger partial charge on any atom is -0.507 e. The molecular formula is C25H27N5O3. The fourth-order valence-electron chi connectivity index (χ4n) is 2.78. The van der Waals surface area contributed by atoms with Crippen LogP contribution in [-0.4, -0.2) is 31.8 Å². The number of ether oxygens (including phenoxy) is 1. The number of unbranched alkanes of at least 4 members (excludes halogenated alkanes) is 1. The van der Waals surface area contributed by atoms with Crippen molar-refractivity contribution in [2.75, 3.05) is 25.6 Å². The van der Waals surface area contributed by atoms with Crippen LogP contribution < -0.4 is 4.90 Å². The molecule has 3 aromatic carbocycles. The molecule has 0 radical (unpaired) electrons. The lowest BCUT2D eigenvalue weighted by atomic mass is 10.2. The molecule has 0 aliphatic rings. The third-order valence-corrected chi connectivity index (χ3v) is 4.71. The van der Waals surface area contributed by atoms with Crippen molar-refractivity contribution in [2.45, 2.75) is 19.8 Å². The lowest BCUT2D eigenvalue weighted by Crippen LogP contribution is -2.07. The van der Waals surface area contributed by atoms with Gasteiger partial charge < -0.3 is 14.7 Å². The first-order valence-corrected chi connectivity index (χ1v) is 10.7. The van der Waals surface area contributed by atoms with Gasteiger partial charge in [-0.3, -0.25) is 0 Å². The summed E-state index contributed by atoms with van der Waals surface area (Å²) in [4.78, 5) is 14.0. The average Bonchev–Trinajstić information content (AvgIpc) is 2.82. The van der Waals surface area contributed by atoms with E-state index in [2.05, 4.69) is 20.5 Å². The number of aromatic hydroxyl groups is 1. The number of anilines is 1. The topological polar surface area (TPSA) is 99.2 Å². The zero-order chi connectivity index (χ0) is 23.6. The van der Waals surface area contributed by atoms with Crippen molar-refractivity contribution in [3.05, 3.63) is 72.3 Å². The highest BCUT2D eigenvalue weighted by molar-refractivity contribution is 5.92. The molecule has 0 fully saturated rings. The lowest BCUT2D eigenvalue weighted by Gasteiger charge is -2.11. The number of phenolic OH excluding ortho intramolecular Hbond substituents is 1. The highest BCUT2D eigenvalue weighted by Gasteiger charge is 2.13. The van der Waals surface area contributed by atoms with Crippen LogP contribution in [0.15, 0.2) is 87.2 Å². The summed E-state index contributed by atoms with van der Waals surface area (Å²) in [7, 11) is 3.97. The number of azo groups is 2. The van der Waals surface area contributed by atoms with Crippen LogP contribution in [0, 0.1) is 0 Å². The molecule has 0 aliphatic carbocycles. The standard InChI is InChI=1S/C25H27N5O3/c1-4-5-16-33-25(32)23-15-12-21(17-24(23)31)29-28-19-8-6-18(7-9-19)26-27-20-10-13-22(14-11-20)30(2)3/h6-15,17,31H,4-5,16H2,1-3H3. The number of hydrogen-bond acceptors (Lipinski definition) is 8. The van der Waals surface area contributed by atoms with E-state index in [1.54, 1.807) is 30.3 Å². The molecule has 0 bridgehead atoms. The van der Waals surface area contributed by atoms with Crippen LogP contribution in [0.5, 0.6) is 5.75 Å². The van der Waals surface area contributed by atoms with Gasteiger partial charge in [0.2, 0.25) is 0 Å². The molecule has 3 aromatic rings. The number of esters is 1. The largest absolute Gasteiger partial charge is 0.507 e. The Morgan fingerprint density at radius 3 is 1.79 bits per heavy atom. The molecule has 0 aliphatic heterocycles. The Kier molecular flexibility index (Phi) is 8.24. The molecule has 33 heavy (non-hydrogen) atoms. The third kappa shape index (κ3) is 6.96. The van der Waals surface area contributed by atoms with Crippen LogP contribution in [0.4, 0.5) is 28.4 Å². The first-order valence-electron chi connectivity index (χ1n) is 10.7. The van der Waals surface area contributed by atoms with E-state index in [-0.39, 0.29) is 11.3 Å². The molecule has 3 rings (SSSR count). The SMILES string of the molecule is CCCCOC(=O)c1ccc(N=Nc2ccc(N=Nc3ccc(N(C)C)cc3)cc2)cc1O. The molecule has 8 heteroatoms. The van der Waals surface area contributed by atoms with E-state index in [0.29, 0.717) is 23.7 Å². The van der Waals surface area contributed by atoms with Gasteiger partial charge in [0, 0.05) is 25.8 Å². The van der Waals surface area contributed by atoms with Gasteiger partial charge in [-0.25, -0.2) is 4.79 Å². The van der Waals surface area contributed by atoms with Crippen molar-refractivity contribution in [1.82, 2.24) is 0 Å². The maximum atomic E-state index is 12.0. The number of rotatable bonds is 9. The number of carbonyl (C=O) groups excluding carboxylic acids is 1. The zero-order valence-corrected chi connectivity index (χ0v) is 19.0. The Morgan fingerprint density at radius 1 is 0.818 bits per heavy atom. The van der Waals surface area contributed by atoms with E-state index < -0.39 is 5.97 Å². The molecule has 0 saturated carbocycles. The second-order valence-corrected chi connectivity index (χ2v) is 7.52. The van der Waals surface area contributed by atoms with Crippen LogP contribution in [0.25, 0.3) is 0 Å². The quantitative estimate of drug-likeness (QED) is 0.213. The van der Waals surface area contributed by atoms with Gasteiger partial charge in [0.15, 0.2) is 0 Å². The van der Waals surface area contributed by atoms with Gasteiger partial charge in [0.25, 0.3) is 0 Å². The minimum atomic E-state index is -0.553. The summed E-state index contributed by atoms with van der Waals surface area (Å²) in [5, 5.41) is 26.9. The fourth-order valence-corrected chi connectivity index (χ4v) is 2.78. The van der Waals surface area contributed by atoms with Gasteiger partial charge in [0.1, 0.15) is 11.3 Å². The molecule has 0 heterocycles. The normalized spacial score (nSPS) is 11.2. The van der Waals surface area contributed by atoms with Crippen LogP contribution in [0.1, 0.15) is 30.1 Å². The molecule has 8 nitrogen and oxygen atoms in total. The van der Waals surface area contributed by atoms with E-state index >= 15 is 0 Å². The molecule has 0 spiro atoms. The number of nitrogens with zero attached hydrogens (tertiary/aromatic N) is 5. The van der Waals surface area contributed by atoms with Gasteiger partial charge in [-0.1, -0.05) is 13.3 Å². The van der Waals surface area contributed by atoms with Gasteiger partial charge in [-0.05, 0) is 67.1 Å². The summed E-state index contributed by atoms with van der Waals surface area (Å²) < 4.78 is 5.12. The predicted octanol–water partition coefficient (Wildman–Crippen LogP) is 7.25. The summed E-state index contributed by atoms with van der Waals surface area (Å²) in [5.74, 6) is -0.745. The van der Waals surface area contributed by atoms with E-state index in [1.165, 1.54) is 12.1 Å². The van der Waals surface area contributed by atoms with Gasteiger partial charge in [0.05, 0.1) is 29.4 Å². The smallest absolute Gasteiger partial charge is 0.341 e. The van der Waals surface area contributed by atoms with Crippen molar-refractivity contribution in [3.63, 3.8) is 0 Å². The monoisotopic (exact) mass is 445 g/mol. The van der Waals surface area contributed by atoms with Crippen molar-refractivity contribution in [3.8, 4) is 5.75 Å². The zero-order valence-electron chi connectivity index (χ0n) is 19.0. The van der Waals surface area contributed by atoms with Gasteiger partial charge in [-0.15, -0.1) is 0 Å². The maximum absolute atomic E-state index is 12.0. The Bertz CT molecular complexity index is 1120. The summed E-state index contributed by atoms with van der Waals surface area (Å²) >= 11 is 0. The lowest BCUT2D eigenvalue weighted by molar-refractivity contribution is 0.0496. The molecule has 170 valence electrons. The predicted molar refractivity (Wildman–Crippen MR) is 129 cm³/mol. The molecule has 0 unspecified atom stereocenters. The number of carbonyl (C=O) groups is 1. The molecule has 0 saturated heterocycles. The van der Waals surface area contributed by atoms with Crippen molar-refractivity contribution in [1.29, 1.82) is 0 Å². The maximum Gasteiger partial charge on any atom is 0.341 e. The molecule has 0 atom stereocenters. The molecule has 0 amide bonds. The second-order valence-electron chi connectivity index (χ2n) is 7.52. The number of hydrogen-bond donors (Lipinski definition) is 1. The minimum absolute atomic E-state index is 0.108. The summed E-state index contributed by atoms with van der Waals surface area (Å²) in [6, 6.07) is 19.4. The van der Waals surface area contributed by atoms with Crippen molar-refractivity contribution < 1.29 is 14.6 Å². The highest BCUT2D eigenvalue weighted by Crippen LogP contribution is 2.27. The Labute approximate surface area is 193 Å².